The zero-order valence-electron chi connectivity index (χ0n) is 13.5. The Labute approximate surface area is 145 Å². The van der Waals surface area contributed by atoms with Gasteiger partial charge in [-0.2, -0.15) is 5.10 Å². The number of H-pyrrole nitrogens is 1. The SMILES string of the molecule is Cc1nc(CN2CCN(c3cc4ccccc4c(Cl)n3)CC2)n[nH]1. The van der Waals surface area contributed by atoms with Crippen LogP contribution in [-0.2, 0) is 6.54 Å². The summed E-state index contributed by atoms with van der Waals surface area (Å²) < 4.78 is 0. The van der Waals surface area contributed by atoms with Crippen molar-refractivity contribution in [2.75, 3.05) is 31.1 Å². The molecule has 0 bridgehead atoms. The highest BCUT2D eigenvalue weighted by molar-refractivity contribution is 6.34. The van der Waals surface area contributed by atoms with Gasteiger partial charge in [0.2, 0.25) is 0 Å². The van der Waals surface area contributed by atoms with Gasteiger partial charge < -0.3 is 4.90 Å². The molecule has 0 saturated carbocycles. The van der Waals surface area contributed by atoms with Crippen LogP contribution in [0.2, 0.25) is 5.15 Å². The van der Waals surface area contributed by atoms with E-state index in [1.165, 1.54) is 0 Å². The Morgan fingerprint density at radius 1 is 1.12 bits per heavy atom. The number of aromatic amines is 1. The molecule has 1 saturated heterocycles. The number of benzene rings is 1. The Morgan fingerprint density at radius 2 is 1.92 bits per heavy atom. The zero-order chi connectivity index (χ0) is 16.5. The molecule has 1 fully saturated rings. The number of aromatic nitrogens is 4. The van der Waals surface area contributed by atoms with Crippen molar-refractivity contribution in [3.63, 3.8) is 0 Å². The van der Waals surface area contributed by atoms with Gasteiger partial charge in [-0.15, -0.1) is 0 Å². The summed E-state index contributed by atoms with van der Waals surface area (Å²) in [5.41, 5.74) is 0. The lowest BCUT2D eigenvalue weighted by atomic mass is 10.1. The predicted molar refractivity (Wildman–Crippen MR) is 95.4 cm³/mol. The molecule has 0 amide bonds. The smallest absolute Gasteiger partial charge is 0.164 e. The van der Waals surface area contributed by atoms with Gasteiger partial charge in [0.25, 0.3) is 0 Å². The fourth-order valence-corrected chi connectivity index (χ4v) is 3.36. The minimum absolute atomic E-state index is 0.571. The number of halogens is 1. The number of aryl methyl sites for hydroxylation is 1. The van der Waals surface area contributed by atoms with Crippen molar-refractivity contribution >= 4 is 28.2 Å². The number of hydrogen-bond donors (Lipinski definition) is 1. The fraction of sp³-hybridized carbons (Fsp3) is 0.353. The third-order valence-corrected chi connectivity index (χ3v) is 4.67. The Bertz CT molecular complexity index is 853. The maximum absolute atomic E-state index is 6.35. The number of nitrogens with zero attached hydrogens (tertiary/aromatic N) is 5. The van der Waals surface area contributed by atoms with Crippen molar-refractivity contribution in [2.45, 2.75) is 13.5 Å². The van der Waals surface area contributed by atoms with Gasteiger partial charge in [0.1, 0.15) is 16.8 Å². The third kappa shape index (κ3) is 3.07. The average Bonchev–Trinajstić information content (AvgIpc) is 3.00. The van der Waals surface area contributed by atoms with Gasteiger partial charge in [-0.25, -0.2) is 9.97 Å². The van der Waals surface area contributed by atoms with Crippen LogP contribution in [0, 0.1) is 6.92 Å². The fourth-order valence-electron chi connectivity index (χ4n) is 3.10. The quantitative estimate of drug-likeness (QED) is 0.741. The molecule has 3 aromatic rings. The van der Waals surface area contributed by atoms with Crippen molar-refractivity contribution < 1.29 is 0 Å². The molecule has 0 atom stereocenters. The highest BCUT2D eigenvalue weighted by Gasteiger charge is 2.20. The van der Waals surface area contributed by atoms with Crippen molar-refractivity contribution in [1.29, 1.82) is 0 Å². The lowest BCUT2D eigenvalue weighted by molar-refractivity contribution is 0.244. The van der Waals surface area contributed by atoms with Gasteiger partial charge in [-0.05, 0) is 18.4 Å². The van der Waals surface area contributed by atoms with Gasteiger partial charge in [-0.3, -0.25) is 10.00 Å². The van der Waals surface area contributed by atoms with Crippen LogP contribution >= 0.6 is 11.6 Å². The molecule has 0 unspecified atom stereocenters. The number of rotatable bonds is 3. The Kier molecular flexibility index (Phi) is 4.08. The summed E-state index contributed by atoms with van der Waals surface area (Å²) >= 11 is 6.35. The van der Waals surface area contributed by atoms with Crippen molar-refractivity contribution in [3.8, 4) is 0 Å². The first-order chi connectivity index (χ1) is 11.7. The molecule has 2 aromatic heterocycles. The van der Waals surface area contributed by atoms with Crippen LogP contribution in [0.3, 0.4) is 0 Å². The van der Waals surface area contributed by atoms with E-state index >= 15 is 0 Å². The number of fused-ring (bicyclic) bond motifs is 1. The molecular weight excluding hydrogens is 324 g/mol. The van der Waals surface area contributed by atoms with Crippen LogP contribution in [0.5, 0.6) is 0 Å². The molecule has 1 N–H and O–H groups in total. The molecule has 6 nitrogen and oxygen atoms in total. The van der Waals surface area contributed by atoms with Crippen LogP contribution in [-0.4, -0.2) is 51.2 Å². The first kappa shape index (κ1) is 15.4. The summed E-state index contributed by atoms with van der Waals surface area (Å²) in [5, 5.41) is 9.81. The molecule has 0 spiro atoms. The Morgan fingerprint density at radius 3 is 2.67 bits per heavy atom. The number of pyridine rings is 1. The van der Waals surface area contributed by atoms with E-state index in [2.05, 4.69) is 42.1 Å². The maximum atomic E-state index is 6.35. The molecule has 1 aromatic carbocycles. The zero-order valence-corrected chi connectivity index (χ0v) is 14.3. The van der Waals surface area contributed by atoms with Crippen LogP contribution < -0.4 is 4.90 Å². The van der Waals surface area contributed by atoms with E-state index in [1.54, 1.807) is 0 Å². The van der Waals surface area contributed by atoms with Gasteiger partial charge in [0.15, 0.2) is 5.82 Å². The number of nitrogens with one attached hydrogen (secondary N) is 1. The van der Waals surface area contributed by atoms with Crippen LogP contribution in [0.4, 0.5) is 5.82 Å². The Hall–Kier alpha value is -2.18. The van der Waals surface area contributed by atoms with Gasteiger partial charge in [0.05, 0.1) is 6.54 Å². The minimum atomic E-state index is 0.571. The minimum Gasteiger partial charge on any atom is -0.354 e. The lowest BCUT2D eigenvalue weighted by Crippen LogP contribution is -2.46. The number of anilines is 1. The van der Waals surface area contributed by atoms with Crippen molar-refractivity contribution in [1.82, 2.24) is 25.1 Å². The molecule has 0 aliphatic carbocycles. The summed E-state index contributed by atoms with van der Waals surface area (Å²) in [6, 6.07) is 10.2. The molecule has 4 rings (SSSR count). The second-order valence-corrected chi connectivity index (χ2v) is 6.45. The second-order valence-electron chi connectivity index (χ2n) is 6.09. The molecule has 3 heterocycles. The normalized spacial score (nSPS) is 16.0. The summed E-state index contributed by atoms with van der Waals surface area (Å²) in [7, 11) is 0. The van der Waals surface area contributed by atoms with Crippen LogP contribution in [0.25, 0.3) is 10.8 Å². The highest BCUT2D eigenvalue weighted by Crippen LogP contribution is 2.26. The lowest BCUT2D eigenvalue weighted by Gasteiger charge is -2.35. The Balaban J connectivity index is 1.45. The van der Waals surface area contributed by atoms with Gasteiger partial charge >= 0.3 is 0 Å². The average molecular weight is 343 g/mol. The van der Waals surface area contributed by atoms with E-state index in [0.717, 1.165) is 61.0 Å². The molecule has 24 heavy (non-hydrogen) atoms. The van der Waals surface area contributed by atoms with Crippen molar-refractivity contribution in [3.05, 3.63) is 47.1 Å². The molecule has 1 aliphatic rings. The summed E-state index contributed by atoms with van der Waals surface area (Å²) in [6.07, 6.45) is 0. The number of hydrogen-bond acceptors (Lipinski definition) is 5. The van der Waals surface area contributed by atoms with E-state index in [9.17, 15) is 0 Å². The van der Waals surface area contributed by atoms with Gasteiger partial charge in [-0.1, -0.05) is 35.9 Å². The van der Waals surface area contributed by atoms with E-state index in [0.29, 0.717) is 5.15 Å². The third-order valence-electron chi connectivity index (χ3n) is 4.39. The first-order valence-corrected chi connectivity index (χ1v) is 8.47. The predicted octanol–water partition coefficient (Wildman–Crippen LogP) is 2.64. The van der Waals surface area contributed by atoms with Crippen LogP contribution in [0.15, 0.2) is 30.3 Å². The molecule has 7 heteroatoms. The maximum Gasteiger partial charge on any atom is 0.164 e. The standard InChI is InChI=1S/C17H19ClN6/c1-12-19-15(22-21-12)11-23-6-8-24(9-7-23)16-10-13-4-2-3-5-14(13)17(18)20-16/h2-5,10H,6-9,11H2,1H3,(H,19,21,22). The van der Waals surface area contributed by atoms with E-state index in [4.69, 9.17) is 11.6 Å². The molecule has 0 radical (unpaired) electrons. The van der Waals surface area contributed by atoms with Crippen molar-refractivity contribution in [2.24, 2.45) is 0 Å². The summed E-state index contributed by atoms with van der Waals surface area (Å²) in [6.45, 7) is 6.46. The largest absolute Gasteiger partial charge is 0.354 e. The molecular formula is C17H19ClN6. The van der Waals surface area contributed by atoms with Crippen LogP contribution in [0.1, 0.15) is 11.6 Å². The summed E-state index contributed by atoms with van der Waals surface area (Å²) in [4.78, 5) is 13.6. The summed E-state index contributed by atoms with van der Waals surface area (Å²) in [5.74, 6) is 2.67. The van der Waals surface area contributed by atoms with E-state index in [1.807, 2.05) is 25.1 Å². The van der Waals surface area contributed by atoms with E-state index in [-0.39, 0.29) is 0 Å². The van der Waals surface area contributed by atoms with Gasteiger partial charge in [0, 0.05) is 31.6 Å². The number of piperazine rings is 1. The van der Waals surface area contributed by atoms with E-state index < -0.39 is 0 Å². The highest BCUT2D eigenvalue weighted by atomic mass is 35.5. The second kappa shape index (κ2) is 6.37. The topological polar surface area (TPSA) is 60.9 Å². The molecule has 124 valence electrons. The molecule has 1 aliphatic heterocycles. The monoisotopic (exact) mass is 342 g/mol. The first-order valence-electron chi connectivity index (χ1n) is 8.09.